The molecule has 2 aliphatic heterocycles. The summed E-state index contributed by atoms with van der Waals surface area (Å²) in [4.78, 5) is 5.21. The summed E-state index contributed by atoms with van der Waals surface area (Å²) >= 11 is 0. The van der Waals surface area contributed by atoms with Crippen LogP contribution in [0.4, 0.5) is 10.1 Å². The number of hydrogen-bond acceptors (Lipinski definition) is 2. The van der Waals surface area contributed by atoms with Gasteiger partial charge < -0.3 is 9.80 Å². The monoisotopic (exact) mass is 354 g/mol. The van der Waals surface area contributed by atoms with Crippen LogP contribution in [0.1, 0.15) is 44.6 Å². The van der Waals surface area contributed by atoms with E-state index in [0.29, 0.717) is 0 Å². The molecule has 2 fully saturated rings. The van der Waals surface area contributed by atoms with Crippen LogP contribution >= 0.6 is 0 Å². The maximum absolute atomic E-state index is 14.0. The Labute approximate surface area is 157 Å². The van der Waals surface area contributed by atoms with Crippen molar-refractivity contribution in [2.24, 2.45) is 17.8 Å². The topological polar surface area (TPSA) is 6.48 Å². The van der Waals surface area contributed by atoms with E-state index in [0.717, 1.165) is 37.3 Å². The van der Waals surface area contributed by atoms with E-state index in [2.05, 4.69) is 28.9 Å². The van der Waals surface area contributed by atoms with Crippen LogP contribution in [-0.4, -0.2) is 37.6 Å². The molecule has 1 aromatic carbocycles. The largest absolute Gasteiger partial charge is 0.370 e. The van der Waals surface area contributed by atoms with Gasteiger partial charge in [-0.3, -0.25) is 0 Å². The third-order valence-corrected chi connectivity index (χ3v) is 7.58. The van der Waals surface area contributed by atoms with Gasteiger partial charge in [0.1, 0.15) is 5.82 Å². The first-order chi connectivity index (χ1) is 12.7. The van der Waals surface area contributed by atoms with E-state index in [-0.39, 0.29) is 11.2 Å². The second-order valence-corrected chi connectivity index (χ2v) is 9.20. The normalized spacial score (nSPS) is 31.9. The van der Waals surface area contributed by atoms with Crippen molar-refractivity contribution in [1.82, 2.24) is 4.90 Å². The Kier molecular flexibility index (Phi) is 4.11. The molecule has 3 atom stereocenters. The van der Waals surface area contributed by atoms with Crippen molar-refractivity contribution < 1.29 is 4.39 Å². The molecule has 1 aromatic rings. The molecular formula is C23H31FN2. The van der Waals surface area contributed by atoms with Gasteiger partial charge in [-0.15, -0.1) is 0 Å². The van der Waals surface area contributed by atoms with Crippen molar-refractivity contribution in [3.63, 3.8) is 0 Å². The van der Waals surface area contributed by atoms with Gasteiger partial charge in [0.2, 0.25) is 0 Å². The van der Waals surface area contributed by atoms with Crippen LogP contribution in [0.15, 0.2) is 30.4 Å². The van der Waals surface area contributed by atoms with Crippen LogP contribution in [0.3, 0.4) is 0 Å². The van der Waals surface area contributed by atoms with Crippen LogP contribution in [0.25, 0.3) is 0 Å². The summed E-state index contributed by atoms with van der Waals surface area (Å²) in [5.74, 6) is 2.52. The number of benzene rings is 1. The van der Waals surface area contributed by atoms with Gasteiger partial charge >= 0.3 is 0 Å². The zero-order chi connectivity index (χ0) is 17.7. The van der Waals surface area contributed by atoms with Crippen LogP contribution in [0, 0.1) is 23.6 Å². The highest BCUT2D eigenvalue weighted by molar-refractivity contribution is 5.63. The molecule has 0 amide bonds. The second kappa shape index (κ2) is 6.37. The van der Waals surface area contributed by atoms with E-state index < -0.39 is 0 Å². The van der Waals surface area contributed by atoms with E-state index in [1.807, 2.05) is 12.1 Å². The summed E-state index contributed by atoms with van der Waals surface area (Å²) in [6.07, 6.45) is 11.2. The lowest BCUT2D eigenvalue weighted by atomic mass is 9.74. The quantitative estimate of drug-likeness (QED) is 0.729. The Morgan fingerprint density at radius 3 is 2.69 bits per heavy atom. The first kappa shape index (κ1) is 16.8. The highest BCUT2D eigenvalue weighted by Gasteiger charge is 2.45. The zero-order valence-electron chi connectivity index (χ0n) is 16.0. The molecule has 140 valence electrons. The number of allylic oxidation sites excluding steroid dienone is 2. The average Bonchev–Trinajstić information content (AvgIpc) is 3.32. The maximum Gasteiger partial charge on any atom is 0.123 e. The highest BCUT2D eigenvalue weighted by Crippen LogP contribution is 2.48. The van der Waals surface area contributed by atoms with Gasteiger partial charge in [0.25, 0.3) is 0 Å². The number of likely N-dealkylation sites (tertiary alicyclic amines) is 1. The average molecular weight is 355 g/mol. The zero-order valence-corrected chi connectivity index (χ0v) is 16.0. The lowest BCUT2D eigenvalue weighted by Crippen LogP contribution is -2.46. The van der Waals surface area contributed by atoms with E-state index in [1.165, 1.54) is 56.6 Å². The lowest BCUT2D eigenvalue weighted by Gasteiger charge is -2.41. The Morgan fingerprint density at radius 1 is 1.15 bits per heavy atom. The number of rotatable bonds is 4. The van der Waals surface area contributed by atoms with Gasteiger partial charge in [0.15, 0.2) is 0 Å². The number of anilines is 1. The Balaban J connectivity index is 1.29. The van der Waals surface area contributed by atoms with E-state index in [9.17, 15) is 4.39 Å². The third kappa shape index (κ3) is 2.70. The molecule has 1 spiro atoms. The first-order valence-electron chi connectivity index (χ1n) is 10.6. The first-order valence-corrected chi connectivity index (χ1v) is 10.6. The minimum atomic E-state index is -0.0716. The Morgan fingerprint density at radius 2 is 2.00 bits per heavy atom. The molecule has 0 N–H and O–H groups in total. The van der Waals surface area contributed by atoms with E-state index in [4.69, 9.17) is 0 Å². The molecule has 26 heavy (non-hydrogen) atoms. The number of nitrogens with zero attached hydrogens (tertiary/aromatic N) is 2. The molecule has 2 aliphatic carbocycles. The lowest BCUT2D eigenvalue weighted by molar-refractivity contribution is 0.138. The molecule has 2 nitrogen and oxygen atoms in total. The molecule has 0 radical (unpaired) electrons. The van der Waals surface area contributed by atoms with Crippen molar-refractivity contribution in [2.75, 3.05) is 37.6 Å². The van der Waals surface area contributed by atoms with Crippen molar-refractivity contribution in [2.45, 2.75) is 44.4 Å². The Bertz CT molecular complexity index is 704. The summed E-state index contributed by atoms with van der Waals surface area (Å²) in [6, 6.07) is 5.49. The number of halogens is 1. The Hall–Kier alpha value is -1.35. The maximum atomic E-state index is 14.0. The second-order valence-electron chi connectivity index (χ2n) is 9.20. The van der Waals surface area contributed by atoms with Gasteiger partial charge in [-0.2, -0.15) is 0 Å². The molecule has 5 rings (SSSR count). The smallest absolute Gasteiger partial charge is 0.123 e. The molecular weight excluding hydrogens is 323 g/mol. The number of piperidine rings is 1. The predicted molar refractivity (Wildman–Crippen MR) is 105 cm³/mol. The fourth-order valence-corrected chi connectivity index (χ4v) is 6.24. The number of fused-ring (bicyclic) bond motifs is 4. The summed E-state index contributed by atoms with van der Waals surface area (Å²) in [7, 11) is 0. The standard InChI is InChI=1S/C23H31FN2/c1-2-9-26-16-23(21-14-20(24)5-6-22(21)26)7-10-25(11-8-23)15-19-13-17-3-4-18(19)12-17/h3-6,14,17-19H,2,7-13,15-16H2,1H3/t17-,18+,19+/m0/s1. The molecule has 1 saturated carbocycles. The van der Waals surface area contributed by atoms with Crippen molar-refractivity contribution in [3.05, 3.63) is 41.7 Å². The highest BCUT2D eigenvalue weighted by atomic mass is 19.1. The van der Waals surface area contributed by atoms with Crippen LogP contribution in [-0.2, 0) is 5.41 Å². The fraction of sp³-hybridized carbons (Fsp3) is 0.652. The van der Waals surface area contributed by atoms with Gasteiger partial charge in [-0.1, -0.05) is 19.1 Å². The number of hydrogen-bond donors (Lipinski definition) is 0. The third-order valence-electron chi connectivity index (χ3n) is 7.58. The predicted octanol–water partition coefficient (Wildman–Crippen LogP) is 4.60. The summed E-state index contributed by atoms with van der Waals surface area (Å²) < 4.78 is 14.0. The van der Waals surface area contributed by atoms with Crippen molar-refractivity contribution in [1.29, 1.82) is 0 Å². The van der Waals surface area contributed by atoms with Gasteiger partial charge in [-0.05, 0) is 86.7 Å². The minimum Gasteiger partial charge on any atom is -0.370 e. The molecule has 3 heteroatoms. The molecule has 2 bridgehead atoms. The minimum absolute atomic E-state index is 0.0716. The fourth-order valence-electron chi connectivity index (χ4n) is 6.24. The van der Waals surface area contributed by atoms with Crippen LogP contribution in [0.2, 0.25) is 0 Å². The summed E-state index contributed by atoms with van der Waals surface area (Å²) in [5.41, 5.74) is 2.76. The van der Waals surface area contributed by atoms with E-state index >= 15 is 0 Å². The van der Waals surface area contributed by atoms with Gasteiger partial charge in [0, 0.05) is 30.7 Å². The molecule has 1 saturated heterocycles. The SMILES string of the molecule is CCCN1CC2(CCN(C[C@H]3C[C@H]4C=C[C@@H]3C4)CC2)c2cc(F)ccc21. The van der Waals surface area contributed by atoms with E-state index in [1.54, 1.807) is 6.07 Å². The van der Waals surface area contributed by atoms with Crippen LogP contribution in [0.5, 0.6) is 0 Å². The van der Waals surface area contributed by atoms with Crippen LogP contribution < -0.4 is 4.90 Å². The molecule has 0 unspecified atom stereocenters. The summed E-state index contributed by atoms with van der Waals surface area (Å²) in [6.45, 7) is 8.03. The van der Waals surface area contributed by atoms with Gasteiger partial charge in [-0.25, -0.2) is 4.39 Å². The molecule has 0 aromatic heterocycles. The van der Waals surface area contributed by atoms with Crippen molar-refractivity contribution >= 4 is 5.69 Å². The molecule has 2 heterocycles. The van der Waals surface area contributed by atoms with Gasteiger partial charge in [0.05, 0.1) is 0 Å². The van der Waals surface area contributed by atoms with Crippen molar-refractivity contribution in [3.8, 4) is 0 Å². The molecule has 4 aliphatic rings. The summed E-state index contributed by atoms with van der Waals surface area (Å²) in [5, 5.41) is 0.